The van der Waals surface area contributed by atoms with Crippen molar-refractivity contribution in [1.29, 1.82) is 0 Å². The van der Waals surface area contributed by atoms with Gasteiger partial charge in [0.05, 0.1) is 12.5 Å². The van der Waals surface area contributed by atoms with Gasteiger partial charge in [-0.3, -0.25) is 4.79 Å². The van der Waals surface area contributed by atoms with Crippen molar-refractivity contribution >= 4 is 18.4 Å². The number of rotatable bonds is 4. The predicted molar refractivity (Wildman–Crippen MR) is 86.8 cm³/mol. The molecule has 0 aliphatic rings. The van der Waals surface area contributed by atoms with E-state index >= 15 is 0 Å². The van der Waals surface area contributed by atoms with E-state index in [1.165, 1.54) is 7.11 Å². The molecule has 0 unspecified atom stereocenters. The number of esters is 1. The number of benzene rings is 1. The Morgan fingerprint density at radius 1 is 1.10 bits per heavy atom. The number of nitrogens with two attached hydrogens (primary N) is 1. The second-order valence-electron chi connectivity index (χ2n) is 6.47. The maximum atomic E-state index is 11.8. The number of hydrogen-bond acceptors (Lipinski definition) is 4. The molecular formula is C16H26ClNO3. The van der Waals surface area contributed by atoms with E-state index < -0.39 is 11.5 Å². The normalized spacial score (nSPS) is 13.1. The number of carbonyl (C=O) groups excluding carboxylic acids is 1. The minimum absolute atomic E-state index is 0. The minimum Gasteiger partial charge on any atom is -0.488 e. The molecule has 1 rings (SSSR count). The maximum absolute atomic E-state index is 11.8. The van der Waals surface area contributed by atoms with Crippen LogP contribution in [-0.2, 0) is 9.53 Å². The zero-order valence-electron chi connectivity index (χ0n) is 13.6. The first-order valence-electron chi connectivity index (χ1n) is 6.71. The molecule has 0 radical (unpaired) electrons. The van der Waals surface area contributed by atoms with Crippen molar-refractivity contribution in [1.82, 2.24) is 0 Å². The highest BCUT2D eigenvalue weighted by Gasteiger charge is 2.36. The van der Waals surface area contributed by atoms with Gasteiger partial charge in [-0.2, -0.15) is 0 Å². The van der Waals surface area contributed by atoms with Gasteiger partial charge in [0.15, 0.2) is 0 Å². The van der Waals surface area contributed by atoms with Gasteiger partial charge < -0.3 is 15.2 Å². The number of methoxy groups -OCH3 is 1. The van der Waals surface area contributed by atoms with E-state index in [1.807, 2.05) is 45.0 Å². The van der Waals surface area contributed by atoms with E-state index in [1.54, 1.807) is 13.8 Å². The van der Waals surface area contributed by atoms with Crippen LogP contribution in [0.25, 0.3) is 0 Å². The van der Waals surface area contributed by atoms with Crippen molar-refractivity contribution in [3.05, 3.63) is 29.8 Å². The summed E-state index contributed by atoms with van der Waals surface area (Å²) in [6.07, 6.45) is 0. The van der Waals surface area contributed by atoms with Crippen molar-refractivity contribution in [3.63, 3.8) is 0 Å². The van der Waals surface area contributed by atoms with Gasteiger partial charge >= 0.3 is 5.97 Å². The highest BCUT2D eigenvalue weighted by atomic mass is 35.5. The summed E-state index contributed by atoms with van der Waals surface area (Å²) in [6, 6.07) is 7.08. The van der Waals surface area contributed by atoms with Crippen molar-refractivity contribution in [2.75, 3.05) is 7.11 Å². The lowest BCUT2D eigenvalue weighted by atomic mass is 9.81. The highest BCUT2D eigenvalue weighted by Crippen LogP contribution is 2.33. The lowest BCUT2D eigenvalue weighted by molar-refractivity contribution is -0.152. The molecule has 1 aromatic rings. The molecule has 2 N–H and O–H groups in total. The molecule has 5 heteroatoms. The fourth-order valence-electron chi connectivity index (χ4n) is 1.90. The Labute approximate surface area is 133 Å². The maximum Gasteiger partial charge on any atom is 0.313 e. The van der Waals surface area contributed by atoms with E-state index in [2.05, 4.69) is 0 Å². The van der Waals surface area contributed by atoms with Crippen LogP contribution < -0.4 is 10.5 Å². The van der Waals surface area contributed by atoms with E-state index in [-0.39, 0.29) is 24.0 Å². The molecule has 21 heavy (non-hydrogen) atoms. The van der Waals surface area contributed by atoms with Crippen LogP contribution in [0.2, 0.25) is 0 Å². The molecule has 4 nitrogen and oxygen atoms in total. The summed E-state index contributed by atoms with van der Waals surface area (Å²) in [4.78, 5) is 11.8. The number of carbonyl (C=O) groups is 1. The Hall–Kier alpha value is -1.26. The van der Waals surface area contributed by atoms with E-state index in [0.29, 0.717) is 0 Å². The van der Waals surface area contributed by atoms with Crippen LogP contribution in [0.3, 0.4) is 0 Å². The first kappa shape index (κ1) is 19.7. The number of hydrogen-bond donors (Lipinski definition) is 1. The summed E-state index contributed by atoms with van der Waals surface area (Å²) >= 11 is 0. The van der Waals surface area contributed by atoms with Crippen molar-refractivity contribution < 1.29 is 14.3 Å². The van der Waals surface area contributed by atoms with Crippen LogP contribution >= 0.6 is 12.4 Å². The molecule has 0 aliphatic carbocycles. The standard InChI is InChI=1S/C16H25NO3.ClH/c1-15(2,3)20-12-9-7-11(8-10-12)13(17)16(4,5)14(18)19-6;/h7-10,13H,17H2,1-6H3;1H/t13-;/m0./s1. The van der Waals surface area contributed by atoms with Gasteiger partial charge in [-0.25, -0.2) is 0 Å². The molecule has 1 aromatic carbocycles. The third kappa shape index (κ3) is 5.21. The van der Waals surface area contributed by atoms with Crippen molar-refractivity contribution in [2.45, 2.75) is 46.3 Å². The zero-order chi connectivity index (χ0) is 15.6. The summed E-state index contributed by atoms with van der Waals surface area (Å²) < 4.78 is 10.6. The summed E-state index contributed by atoms with van der Waals surface area (Å²) in [5.74, 6) is 0.462. The molecule has 120 valence electrons. The second-order valence-corrected chi connectivity index (χ2v) is 6.47. The van der Waals surface area contributed by atoms with Gasteiger partial charge in [0.25, 0.3) is 0 Å². The average Bonchev–Trinajstić information content (AvgIpc) is 2.35. The summed E-state index contributed by atoms with van der Waals surface area (Å²) in [5.41, 5.74) is 6.04. The molecule has 0 saturated carbocycles. The summed E-state index contributed by atoms with van der Waals surface area (Å²) in [7, 11) is 1.37. The lowest BCUT2D eigenvalue weighted by Gasteiger charge is -2.29. The third-order valence-corrected chi connectivity index (χ3v) is 3.15. The molecule has 0 bridgehead atoms. The first-order chi connectivity index (χ1) is 9.08. The summed E-state index contributed by atoms with van der Waals surface area (Å²) in [5, 5.41) is 0. The molecule has 0 saturated heterocycles. The number of ether oxygens (including phenoxy) is 2. The Balaban J connectivity index is 0.00000400. The Bertz CT molecular complexity index is 463. The van der Waals surface area contributed by atoms with E-state index in [0.717, 1.165) is 11.3 Å². The predicted octanol–water partition coefficient (Wildman–Crippen LogP) is 3.48. The third-order valence-electron chi connectivity index (χ3n) is 3.15. The number of halogens is 1. The van der Waals surface area contributed by atoms with E-state index in [4.69, 9.17) is 15.2 Å². The van der Waals surface area contributed by atoms with Gasteiger partial charge in [-0.15, -0.1) is 12.4 Å². The lowest BCUT2D eigenvalue weighted by Crippen LogP contribution is -2.37. The molecule has 0 aromatic heterocycles. The largest absolute Gasteiger partial charge is 0.488 e. The van der Waals surface area contributed by atoms with Crippen LogP contribution in [0.15, 0.2) is 24.3 Å². The molecule has 0 amide bonds. The zero-order valence-corrected chi connectivity index (χ0v) is 14.4. The smallest absolute Gasteiger partial charge is 0.313 e. The Morgan fingerprint density at radius 3 is 1.95 bits per heavy atom. The van der Waals surface area contributed by atoms with Gasteiger partial charge in [0.1, 0.15) is 11.4 Å². The summed E-state index contributed by atoms with van der Waals surface area (Å²) in [6.45, 7) is 9.54. The Kier molecular flexibility index (Phi) is 6.71. The molecule has 0 aliphatic heterocycles. The van der Waals surface area contributed by atoms with Gasteiger partial charge in [0.2, 0.25) is 0 Å². The van der Waals surface area contributed by atoms with Gasteiger partial charge in [-0.05, 0) is 52.3 Å². The van der Waals surface area contributed by atoms with Gasteiger partial charge in [0, 0.05) is 6.04 Å². The van der Waals surface area contributed by atoms with Crippen molar-refractivity contribution in [2.24, 2.45) is 11.1 Å². The van der Waals surface area contributed by atoms with Crippen molar-refractivity contribution in [3.8, 4) is 5.75 Å². The topological polar surface area (TPSA) is 61.5 Å². The molecule has 0 fully saturated rings. The molecule has 1 atom stereocenters. The first-order valence-corrected chi connectivity index (χ1v) is 6.71. The molecular weight excluding hydrogens is 290 g/mol. The van der Waals surface area contributed by atoms with Crippen LogP contribution in [0.1, 0.15) is 46.2 Å². The van der Waals surface area contributed by atoms with E-state index in [9.17, 15) is 4.79 Å². The second kappa shape index (κ2) is 7.14. The Morgan fingerprint density at radius 2 is 1.57 bits per heavy atom. The molecule has 0 spiro atoms. The van der Waals surface area contributed by atoms with Crippen LogP contribution in [0.5, 0.6) is 5.75 Å². The monoisotopic (exact) mass is 315 g/mol. The highest BCUT2D eigenvalue weighted by molar-refractivity contribution is 5.85. The van der Waals surface area contributed by atoms with Crippen LogP contribution in [0, 0.1) is 5.41 Å². The molecule has 0 heterocycles. The van der Waals surface area contributed by atoms with Crippen LogP contribution in [-0.4, -0.2) is 18.7 Å². The van der Waals surface area contributed by atoms with Crippen LogP contribution in [0.4, 0.5) is 0 Å². The fraction of sp³-hybridized carbons (Fsp3) is 0.562. The average molecular weight is 316 g/mol. The van der Waals surface area contributed by atoms with Gasteiger partial charge in [-0.1, -0.05) is 12.1 Å². The fourth-order valence-corrected chi connectivity index (χ4v) is 1.90. The SMILES string of the molecule is COC(=O)C(C)(C)[C@@H](N)c1ccc(OC(C)(C)C)cc1.Cl. The quantitative estimate of drug-likeness (QED) is 0.864. The minimum atomic E-state index is -0.777.